The van der Waals surface area contributed by atoms with Gasteiger partial charge >= 0.3 is 6.09 Å². The van der Waals surface area contributed by atoms with E-state index in [1.165, 1.54) is 0 Å². The Morgan fingerprint density at radius 3 is 1.77 bits per heavy atom. The first-order valence-electron chi connectivity index (χ1n) is 23.1. The van der Waals surface area contributed by atoms with Gasteiger partial charge in [-0.15, -0.1) is 0 Å². The monoisotopic (exact) mass is 862 g/mol. The lowest BCUT2D eigenvalue weighted by atomic mass is 9.90. The van der Waals surface area contributed by atoms with Gasteiger partial charge in [-0.2, -0.15) is 0 Å². The summed E-state index contributed by atoms with van der Waals surface area (Å²) in [5.74, 6) is -0.0285. The van der Waals surface area contributed by atoms with Crippen LogP contribution >= 0.6 is 0 Å². The van der Waals surface area contributed by atoms with Crippen LogP contribution in [0.3, 0.4) is 0 Å². The molecule has 3 aliphatic heterocycles. The minimum atomic E-state index is -0.434. The second kappa shape index (κ2) is 22.9. The smallest absolute Gasteiger partial charge is 0.410 e. The maximum absolute atomic E-state index is 13.8. The molecule has 2 amide bonds. The van der Waals surface area contributed by atoms with Crippen LogP contribution in [0.5, 0.6) is 0 Å². The van der Waals surface area contributed by atoms with E-state index in [1.54, 1.807) is 6.92 Å². The number of likely N-dealkylation sites (tertiary alicyclic amines) is 1. The van der Waals surface area contributed by atoms with Crippen LogP contribution in [0.25, 0.3) is 0 Å². The van der Waals surface area contributed by atoms with E-state index in [4.69, 9.17) is 23.7 Å². The van der Waals surface area contributed by atoms with Crippen LogP contribution in [0.15, 0.2) is 164 Å². The third-order valence-electron chi connectivity index (χ3n) is 12.8. The van der Waals surface area contributed by atoms with E-state index in [1.807, 2.05) is 113 Å². The Labute approximate surface area is 378 Å². The number of ether oxygens (including phenoxy) is 5. The highest BCUT2D eigenvalue weighted by molar-refractivity contribution is 5.75. The van der Waals surface area contributed by atoms with E-state index in [2.05, 4.69) is 60.7 Å². The van der Waals surface area contributed by atoms with Crippen molar-refractivity contribution in [1.82, 2.24) is 9.80 Å². The van der Waals surface area contributed by atoms with E-state index in [9.17, 15) is 9.59 Å². The second-order valence-corrected chi connectivity index (χ2v) is 17.2. The van der Waals surface area contributed by atoms with Crippen LogP contribution in [0.2, 0.25) is 0 Å². The van der Waals surface area contributed by atoms with Crippen molar-refractivity contribution in [2.75, 3.05) is 13.2 Å². The van der Waals surface area contributed by atoms with Crippen molar-refractivity contribution >= 4 is 12.0 Å². The van der Waals surface area contributed by atoms with Gasteiger partial charge in [-0.05, 0) is 66.3 Å². The van der Waals surface area contributed by atoms with Gasteiger partial charge in [0.1, 0.15) is 30.5 Å². The number of benzene rings is 5. The van der Waals surface area contributed by atoms with Crippen molar-refractivity contribution in [3.05, 3.63) is 192 Å². The molecule has 64 heavy (non-hydrogen) atoms. The lowest BCUT2D eigenvalue weighted by molar-refractivity contribution is -0.142. The second-order valence-electron chi connectivity index (χ2n) is 17.2. The van der Waals surface area contributed by atoms with E-state index in [-0.39, 0.29) is 48.4 Å². The normalized spacial score (nSPS) is 23.3. The number of carbonyl (C=O) groups is 2. The van der Waals surface area contributed by atoms with Crippen LogP contribution in [-0.4, -0.2) is 77.5 Å². The molecule has 0 aromatic heterocycles. The summed E-state index contributed by atoms with van der Waals surface area (Å²) in [7, 11) is 0. The molecule has 3 saturated heterocycles. The Morgan fingerprint density at radius 2 is 1.20 bits per heavy atom. The van der Waals surface area contributed by atoms with E-state index in [0.717, 1.165) is 59.9 Å². The lowest BCUT2D eigenvalue weighted by Crippen LogP contribution is -2.60. The molecular formula is C55H62N2O7. The fourth-order valence-corrected chi connectivity index (χ4v) is 9.72. The summed E-state index contributed by atoms with van der Waals surface area (Å²) < 4.78 is 33.4. The molecule has 5 aromatic carbocycles. The van der Waals surface area contributed by atoms with Crippen molar-refractivity contribution in [2.45, 2.75) is 120 Å². The number of nitrogens with zero attached hydrogens (tertiary/aromatic N) is 2. The van der Waals surface area contributed by atoms with Gasteiger partial charge in [0, 0.05) is 19.9 Å². The zero-order chi connectivity index (χ0) is 43.9. The predicted octanol–water partition coefficient (Wildman–Crippen LogP) is 10.6. The molecule has 8 rings (SSSR count). The molecule has 0 N–H and O–H groups in total. The Morgan fingerprint density at radius 1 is 0.672 bits per heavy atom. The number of allylic oxidation sites excluding steroid dienone is 1. The molecule has 9 nitrogen and oxygen atoms in total. The van der Waals surface area contributed by atoms with Gasteiger partial charge in [0.05, 0.1) is 44.6 Å². The van der Waals surface area contributed by atoms with Gasteiger partial charge in [-0.25, -0.2) is 4.79 Å². The fourth-order valence-electron chi connectivity index (χ4n) is 9.72. The molecule has 0 aliphatic carbocycles. The number of cyclic esters (lactones) is 1. The molecule has 334 valence electrons. The maximum atomic E-state index is 13.8. The number of amides is 2. The largest absolute Gasteiger partial charge is 0.443 e. The third kappa shape index (κ3) is 11.6. The van der Waals surface area contributed by atoms with E-state index in [0.29, 0.717) is 45.8 Å². The highest BCUT2D eigenvalue weighted by Crippen LogP contribution is 2.38. The number of unbranched alkanes of at least 4 members (excludes halogenated alkanes) is 1. The third-order valence-corrected chi connectivity index (χ3v) is 12.8. The zero-order valence-corrected chi connectivity index (χ0v) is 36.9. The molecule has 3 heterocycles. The first-order chi connectivity index (χ1) is 31.5. The molecule has 0 saturated carbocycles. The molecule has 5 aromatic rings. The summed E-state index contributed by atoms with van der Waals surface area (Å²) >= 11 is 0. The standard InChI is InChI=1S/C55H62N2O7/c1-41(58)57-48(53(61-38-43-25-11-5-12-26-43)54(62-39-44-27-13-6-14-28-44)49(57)40-60-37-42-23-9-4-10-24-42)34-19-2-3-20-35-50-52(47-33-21-22-36-56(47)55(59)63-50)64-51(45-29-15-7-16-30-45)46-31-17-8-18-32-46/h3-18,20,23-32,47-54H,2,19,21-22,33-40H2,1H3/b20-3+/t47-,48-,49-,50+,52+,53-,54-/m1/s1. The predicted molar refractivity (Wildman–Crippen MR) is 248 cm³/mol. The maximum Gasteiger partial charge on any atom is 0.410 e. The number of carbonyl (C=O) groups excluding carboxylic acids is 2. The molecule has 0 bridgehead atoms. The number of hydrogen-bond donors (Lipinski definition) is 0. The topological polar surface area (TPSA) is 86.8 Å². The molecule has 7 atom stereocenters. The fraction of sp³-hybridized carbons (Fsp3) is 0.382. The first kappa shape index (κ1) is 45.0. The van der Waals surface area contributed by atoms with Crippen molar-refractivity contribution in [3.63, 3.8) is 0 Å². The number of hydrogen-bond acceptors (Lipinski definition) is 7. The number of piperidine rings is 1. The molecule has 3 aliphatic rings. The SMILES string of the molecule is CC(=O)N1[C@H](CCC/C=C/C[C@@H]2OC(=O)N3CCCC[C@@H]3[C@@H]2OC(c2ccccc2)c2ccccc2)[C@@H](OCc2ccccc2)[C@H](OCc2ccccc2)[C@H]1COCc1ccccc1. The van der Waals surface area contributed by atoms with Crippen LogP contribution in [-0.2, 0) is 48.3 Å². The summed E-state index contributed by atoms with van der Waals surface area (Å²) in [6.45, 7) is 3.85. The molecule has 0 spiro atoms. The van der Waals surface area contributed by atoms with Crippen molar-refractivity contribution in [3.8, 4) is 0 Å². The highest BCUT2D eigenvalue weighted by atomic mass is 16.6. The van der Waals surface area contributed by atoms with Crippen LogP contribution in [0, 0.1) is 0 Å². The summed E-state index contributed by atoms with van der Waals surface area (Å²) in [6.07, 6.45) is 7.93. The van der Waals surface area contributed by atoms with E-state index >= 15 is 0 Å². The number of rotatable bonds is 20. The Kier molecular flexibility index (Phi) is 16.1. The molecular weight excluding hydrogens is 801 g/mol. The van der Waals surface area contributed by atoms with Crippen LogP contribution < -0.4 is 0 Å². The minimum Gasteiger partial charge on any atom is -0.443 e. The summed E-state index contributed by atoms with van der Waals surface area (Å²) in [4.78, 5) is 31.0. The lowest BCUT2D eigenvalue weighted by Gasteiger charge is -2.47. The molecule has 9 heteroatoms. The Hall–Kier alpha value is -5.58. The number of fused-ring (bicyclic) bond motifs is 1. The van der Waals surface area contributed by atoms with Gasteiger partial charge in [-0.3, -0.25) is 4.79 Å². The van der Waals surface area contributed by atoms with Crippen molar-refractivity contribution in [2.24, 2.45) is 0 Å². The quantitative estimate of drug-likeness (QED) is 0.0569. The van der Waals surface area contributed by atoms with Crippen molar-refractivity contribution in [1.29, 1.82) is 0 Å². The van der Waals surface area contributed by atoms with Gasteiger partial charge in [0.15, 0.2) is 0 Å². The summed E-state index contributed by atoms with van der Waals surface area (Å²) in [5, 5.41) is 0. The zero-order valence-electron chi connectivity index (χ0n) is 36.9. The molecule has 0 radical (unpaired) electrons. The van der Waals surface area contributed by atoms with Crippen molar-refractivity contribution < 1.29 is 33.3 Å². The van der Waals surface area contributed by atoms with Gasteiger partial charge in [-0.1, -0.05) is 164 Å². The Bertz CT molecular complexity index is 2150. The average Bonchev–Trinajstić information content (AvgIpc) is 3.64. The van der Waals surface area contributed by atoms with Crippen LogP contribution in [0.1, 0.15) is 85.8 Å². The first-order valence-corrected chi connectivity index (χ1v) is 23.1. The Balaban J connectivity index is 0.981. The average molecular weight is 863 g/mol. The molecule has 3 fully saturated rings. The van der Waals surface area contributed by atoms with Gasteiger partial charge < -0.3 is 33.5 Å². The minimum absolute atomic E-state index is 0.0285. The van der Waals surface area contributed by atoms with Gasteiger partial charge in [0.2, 0.25) is 5.91 Å². The summed E-state index contributed by atoms with van der Waals surface area (Å²) in [5.41, 5.74) is 5.32. The highest BCUT2D eigenvalue weighted by Gasteiger charge is 2.51. The molecule has 0 unspecified atom stereocenters. The summed E-state index contributed by atoms with van der Waals surface area (Å²) in [6, 6.07) is 50.4. The van der Waals surface area contributed by atoms with E-state index < -0.39 is 12.2 Å². The van der Waals surface area contributed by atoms with Crippen LogP contribution in [0.4, 0.5) is 4.79 Å². The van der Waals surface area contributed by atoms with Gasteiger partial charge in [0.25, 0.3) is 0 Å².